The van der Waals surface area contributed by atoms with Gasteiger partial charge in [-0.2, -0.15) is 0 Å². The highest BCUT2D eigenvalue weighted by Crippen LogP contribution is 2.27. The van der Waals surface area contributed by atoms with Crippen molar-refractivity contribution in [3.8, 4) is 9.88 Å². The Labute approximate surface area is 153 Å². The van der Waals surface area contributed by atoms with Crippen LogP contribution in [0.2, 0.25) is 0 Å². The van der Waals surface area contributed by atoms with Gasteiger partial charge in [-0.15, -0.1) is 22.7 Å². The molecule has 128 valence electrons. The summed E-state index contributed by atoms with van der Waals surface area (Å²) in [5, 5.41) is 7.08. The molecule has 3 rings (SSSR count). The van der Waals surface area contributed by atoms with Crippen LogP contribution in [0.4, 0.5) is 5.69 Å². The van der Waals surface area contributed by atoms with E-state index in [2.05, 4.69) is 10.3 Å². The number of aryl methyl sites for hydroxylation is 1. The molecule has 1 amide bonds. The molecule has 25 heavy (non-hydrogen) atoms. The minimum Gasteiger partial charge on any atom is -0.451 e. The van der Waals surface area contributed by atoms with Crippen molar-refractivity contribution in [2.24, 2.45) is 0 Å². The van der Waals surface area contributed by atoms with Crippen LogP contribution in [-0.4, -0.2) is 23.5 Å². The summed E-state index contributed by atoms with van der Waals surface area (Å²) >= 11 is 2.93. The molecule has 0 fully saturated rings. The number of ether oxygens (including phenoxy) is 1. The van der Waals surface area contributed by atoms with Gasteiger partial charge in [0.2, 0.25) is 0 Å². The third-order valence-electron chi connectivity index (χ3n) is 3.40. The van der Waals surface area contributed by atoms with E-state index < -0.39 is 5.97 Å². The first-order chi connectivity index (χ1) is 12.2. The number of anilines is 1. The molecule has 0 bridgehead atoms. The smallest absolute Gasteiger partial charge is 0.358 e. The lowest BCUT2D eigenvalue weighted by molar-refractivity contribution is -0.119. The number of thiophene rings is 1. The Balaban J connectivity index is 1.54. The molecule has 5 nitrogen and oxygen atoms in total. The quantitative estimate of drug-likeness (QED) is 0.658. The van der Waals surface area contributed by atoms with Crippen molar-refractivity contribution in [1.82, 2.24) is 4.98 Å². The van der Waals surface area contributed by atoms with E-state index in [9.17, 15) is 9.59 Å². The number of nitrogens with one attached hydrogen (secondary N) is 1. The van der Waals surface area contributed by atoms with E-state index in [0.29, 0.717) is 5.69 Å². The number of amides is 1. The van der Waals surface area contributed by atoms with E-state index in [1.54, 1.807) is 22.8 Å². The number of aromatic nitrogens is 1. The summed E-state index contributed by atoms with van der Waals surface area (Å²) in [4.78, 5) is 29.2. The zero-order chi connectivity index (χ0) is 17.6. The highest BCUT2D eigenvalue weighted by atomic mass is 32.1. The molecule has 0 aliphatic carbocycles. The van der Waals surface area contributed by atoms with E-state index in [4.69, 9.17) is 4.74 Å². The van der Waals surface area contributed by atoms with Crippen molar-refractivity contribution in [3.05, 3.63) is 58.4 Å². The van der Waals surface area contributed by atoms with Crippen LogP contribution >= 0.6 is 22.7 Å². The van der Waals surface area contributed by atoms with Gasteiger partial charge in [-0.05, 0) is 35.6 Å². The topological polar surface area (TPSA) is 68.3 Å². The highest BCUT2D eigenvalue weighted by molar-refractivity contribution is 7.20. The van der Waals surface area contributed by atoms with Crippen molar-refractivity contribution in [2.75, 3.05) is 11.9 Å². The Morgan fingerprint density at radius 3 is 2.84 bits per heavy atom. The van der Waals surface area contributed by atoms with Crippen LogP contribution in [-0.2, 0) is 16.0 Å². The molecule has 2 aromatic heterocycles. The standard InChI is InChI=1S/C18H16N2O3S2/c1-2-12-5-3-6-13(9-12)19-16(21)10-23-18(22)14-11-25-17(20-14)15-7-4-8-24-15/h3-9,11H,2,10H2,1H3,(H,19,21). The van der Waals surface area contributed by atoms with Crippen molar-refractivity contribution in [1.29, 1.82) is 0 Å². The predicted molar refractivity (Wildman–Crippen MR) is 100 cm³/mol. The van der Waals surface area contributed by atoms with Crippen LogP contribution in [0.25, 0.3) is 9.88 Å². The highest BCUT2D eigenvalue weighted by Gasteiger charge is 2.15. The van der Waals surface area contributed by atoms with Crippen molar-refractivity contribution in [2.45, 2.75) is 13.3 Å². The maximum atomic E-state index is 12.0. The van der Waals surface area contributed by atoms with Gasteiger partial charge in [0.1, 0.15) is 5.01 Å². The maximum Gasteiger partial charge on any atom is 0.358 e. The molecule has 0 saturated heterocycles. The normalized spacial score (nSPS) is 10.4. The van der Waals surface area contributed by atoms with Gasteiger partial charge in [0.25, 0.3) is 5.91 Å². The Bertz CT molecular complexity index is 872. The van der Waals surface area contributed by atoms with Crippen LogP contribution in [0.15, 0.2) is 47.2 Å². The number of rotatable bonds is 6. The molecule has 7 heteroatoms. The van der Waals surface area contributed by atoms with Gasteiger partial charge >= 0.3 is 5.97 Å². The van der Waals surface area contributed by atoms with Gasteiger partial charge in [-0.3, -0.25) is 4.79 Å². The summed E-state index contributed by atoms with van der Waals surface area (Å²) in [5.41, 5.74) is 2.03. The van der Waals surface area contributed by atoms with E-state index in [1.807, 2.05) is 42.6 Å². The second-order valence-corrected chi connectivity index (χ2v) is 7.00. The zero-order valence-corrected chi connectivity index (χ0v) is 15.2. The van der Waals surface area contributed by atoms with E-state index in [1.165, 1.54) is 11.3 Å². The number of nitrogens with zero attached hydrogens (tertiary/aromatic N) is 1. The molecule has 0 saturated carbocycles. The Kier molecular flexibility index (Phi) is 5.57. The first kappa shape index (κ1) is 17.3. The van der Waals surface area contributed by atoms with E-state index in [0.717, 1.165) is 21.9 Å². The average molecular weight is 372 g/mol. The minimum atomic E-state index is -0.600. The van der Waals surface area contributed by atoms with Crippen LogP contribution in [0.1, 0.15) is 23.0 Å². The lowest BCUT2D eigenvalue weighted by Gasteiger charge is -2.07. The van der Waals surface area contributed by atoms with Crippen LogP contribution in [0.5, 0.6) is 0 Å². The second-order valence-electron chi connectivity index (χ2n) is 5.19. The third kappa shape index (κ3) is 4.52. The lowest BCUT2D eigenvalue weighted by Crippen LogP contribution is -2.21. The van der Waals surface area contributed by atoms with Crippen LogP contribution < -0.4 is 5.32 Å². The number of carbonyl (C=O) groups excluding carboxylic acids is 2. The second kappa shape index (κ2) is 8.04. The molecule has 1 aromatic carbocycles. The Morgan fingerprint density at radius 1 is 1.20 bits per heavy atom. The SMILES string of the molecule is CCc1cccc(NC(=O)COC(=O)c2csc(-c3cccs3)n2)c1. The summed E-state index contributed by atoms with van der Waals surface area (Å²) in [5.74, 6) is -0.980. The fourth-order valence-corrected chi connectivity index (χ4v) is 3.76. The zero-order valence-electron chi connectivity index (χ0n) is 13.5. The molecule has 0 spiro atoms. The lowest BCUT2D eigenvalue weighted by atomic mass is 10.1. The minimum absolute atomic E-state index is 0.217. The average Bonchev–Trinajstić information content (AvgIpc) is 3.31. The fourth-order valence-electron chi connectivity index (χ4n) is 2.15. The molecule has 3 aromatic rings. The van der Waals surface area contributed by atoms with Crippen LogP contribution in [0.3, 0.4) is 0 Å². The Hall–Kier alpha value is -2.51. The van der Waals surface area contributed by atoms with Gasteiger partial charge in [0.15, 0.2) is 12.3 Å². The monoisotopic (exact) mass is 372 g/mol. The number of thiazole rings is 1. The maximum absolute atomic E-state index is 12.0. The third-order valence-corrected chi connectivity index (χ3v) is 5.28. The number of hydrogen-bond acceptors (Lipinski definition) is 6. The van der Waals surface area contributed by atoms with Crippen LogP contribution in [0, 0.1) is 0 Å². The molecule has 0 radical (unpaired) electrons. The molecular formula is C18H16N2O3S2. The first-order valence-electron chi connectivity index (χ1n) is 7.71. The largest absolute Gasteiger partial charge is 0.451 e. The van der Waals surface area contributed by atoms with Crippen molar-refractivity contribution in [3.63, 3.8) is 0 Å². The van der Waals surface area contributed by atoms with E-state index >= 15 is 0 Å². The van der Waals surface area contributed by atoms with Gasteiger partial charge in [0, 0.05) is 11.1 Å². The molecule has 0 aliphatic heterocycles. The summed E-state index contributed by atoms with van der Waals surface area (Å²) in [6.07, 6.45) is 0.884. The van der Waals surface area contributed by atoms with Gasteiger partial charge in [-0.1, -0.05) is 25.1 Å². The molecule has 2 heterocycles. The van der Waals surface area contributed by atoms with E-state index in [-0.39, 0.29) is 18.2 Å². The molecule has 0 unspecified atom stereocenters. The predicted octanol–water partition coefficient (Wildman–Crippen LogP) is 4.23. The molecule has 0 aliphatic rings. The number of esters is 1. The van der Waals surface area contributed by atoms with Gasteiger partial charge in [0.05, 0.1) is 4.88 Å². The van der Waals surface area contributed by atoms with Crippen molar-refractivity contribution < 1.29 is 14.3 Å². The summed E-state index contributed by atoms with van der Waals surface area (Å²) in [7, 11) is 0. The number of benzene rings is 1. The Morgan fingerprint density at radius 2 is 2.08 bits per heavy atom. The molecular weight excluding hydrogens is 356 g/mol. The van der Waals surface area contributed by atoms with Gasteiger partial charge in [-0.25, -0.2) is 9.78 Å². The molecule has 0 atom stereocenters. The number of carbonyl (C=O) groups is 2. The first-order valence-corrected chi connectivity index (χ1v) is 9.47. The van der Waals surface area contributed by atoms with Gasteiger partial charge < -0.3 is 10.1 Å². The summed E-state index contributed by atoms with van der Waals surface area (Å²) in [6, 6.07) is 11.4. The number of hydrogen-bond donors (Lipinski definition) is 1. The van der Waals surface area contributed by atoms with Crippen molar-refractivity contribution >= 4 is 40.2 Å². The summed E-state index contributed by atoms with van der Waals surface area (Å²) in [6.45, 7) is 1.70. The summed E-state index contributed by atoms with van der Waals surface area (Å²) < 4.78 is 5.05. The fraction of sp³-hybridized carbons (Fsp3) is 0.167. The molecule has 1 N–H and O–H groups in total.